The summed E-state index contributed by atoms with van der Waals surface area (Å²) in [6.45, 7) is 7.13. The normalized spacial score (nSPS) is 14.2. The molecule has 0 bridgehead atoms. The fourth-order valence-corrected chi connectivity index (χ4v) is 3.76. The Morgan fingerprint density at radius 2 is 2.22 bits per heavy atom. The van der Waals surface area contributed by atoms with Crippen molar-refractivity contribution in [2.75, 3.05) is 6.54 Å². The van der Waals surface area contributed by atoms with E-state index in [4.69, 9.17) is 0 Å². The van der Waals surface area contributed by atoms with Gasteiger partial charge in [-0.3, -0.25) is 14.7 Å². The number of aromatic amines is 1. The number of ketones is 1. The second-order valence-electron chi connectivity index (χ2n) is 6.34. The molecule has 6 heteroatoms. The lowest BCUT2D eigenvalue weighted by Gasteiger charge is -2.27. The molecular formula is C17H21N3O2S. The lowest BCUT2D eigenvalue weighted by Crippen LogP contribution is -2.37. The van der Waals surface area contributed by atoms with Gasteiger partial charge in [0.2, 0.25) is 5.91 Å². The lowest BCUT2D eigenvalue weighted by molar-refractivity contribution is -0.131. The Bertz CT molecular complexity index is 745. The van der Waals surface area contributed by atoms with E-state index in [0.717, 1.165) is 29.9 Å². The van der Waals surface area contributed by atoms with Crippen LogP contribution in [0.2, 0.25) is 0 Å². The van der Waals surface area contributed by atoms with E-state index in [1.165, 1.54) is 16.9 Å². The topological polar surface area (TPSA) is 66.1 Å². The second kappa shape index (κ2) is 6.28. The maximum atomic E-state index is 12.6. The van der Waals surface area contributed by atoms with Crippen LogP contribution in [0.4, 0.5) is 0 Å². The maximum absolute atomic E-state index is 12.6. The van der Waals surface area contributed by atoms with E-state index in [2.05, 4.69) is 24.0 Å². The van der Waals surface area contributed by atoms with Crippen molar-refractivity contribution in [3.05, 3.63) is 38.8 Å². The number of Topliss-reactive ketones (excluding diaryl/α,β-unsaturated/α-hetero) is 1. The van der Waals surface area contributed by atoms with Crippen LogP contribution in [0.5, 0.6) is 0 Å². The van der Waals surface area contributed by atoms with Gasteiger partial charge in [0.05, 0.1) is 17.0 Å². The van der Waals surface area contributed by atoms with Crippen molar-refractivity contribution < 1.29 is 9.59 Å². The summed E-state index contributed by atoms with van der Waals surface area (Å²) in [5, 5.41) is 9.41. The Kier molecular flexibility index (Phi) is 4.35. The molecule has 2 aromatic rings. The average molecular weight is 331 g/mol. The molecule has 0 atom stereocenters. The zero-order chi connectivity index (χ0) is 16.6. The van der Waals surface area contributed by atoms with Gasteiger partial charge in [0.1, 0.15) is 0 Å². The second-order valence-corrected chi connectivity index (χ2v) is 7.25. The third kappa shape index (κ3) is 3.22. The Balaban J connectivity index is 1.71. The van der Waals surface area contributed by atoms with Gasteiger partial charge in [-0.05, 0) is 29.9 Å². The molecular weight excluding hydrogens is 310 g/mol. The summed E-state index contributed by atoms with van der Waals surface area (Å²) in [6.07, 6.45) is 1.18. The molecule has 0 radical (unpaired) electrons. The summed E-state index contributed by atoms with van der Waals surface area (Å²) in [5.41, 5.74) is 4.32. The zero-order valence-corrected chi connectivity index (χ0v) is 14.5. The highest BCUT2D eigenvalue weighted by molar-refractivity contribution is 7.12. The molecule has 3 heterocycles. The molecule has 2 aromatic heterocycles. The standard InChI is InChI=1S/C17H21N3O2S/c1-10(2)17-13-8-20(5-4-14(13)18-19-17)16(22)7-12-6-15(11(3)21)23-9-12/h6,9-10H,4-5,7-8H2,1-3H3,(H,18,19). The minimum atomic E-state index is 0.0521. The third-order valence-corrected chi connectivity index (χ3v) is 5.30. The number of amides is 1. The van der Waals surface area contributed by atoms with Gasteiger partial charge in [-0.25, -0.2) is 0 Å². The number of hydrogen-bond acceptors (Lipinski definition) is 4. The first-order valence-corrected chi connectivity index (χ1v) is 8.75. The van der Waals surface area contributed by atoms with E-state index < -0.39 is 0 Å². The highest BCUT2D eigenvalue weighted by Crippen LogP contribution is 2.26. The van der Waals surface area contributed by atoms with E-state index in [0.29, 0.717) is 23.8 Å². The van der Waals surface area contributed by atoms with Gasteiger partial charge < -0.3 is 4.90 Å². The van der Waals surface area contributed by atoms with Gasteiger partial charge in [-0.15, -0.1) is 11.3 Å². The molecule has 1 N–H and O–H groups in total. The molecule has 0 saturated carbocycles. The van der Waals surface area contributed by atoms with Crippen molar-refractivity contribution in [1.29, 1.82) is 0 Å². The first-order chi connectivity index (χ1) is 11.0. The summed E-state index contributed by atoms with van der Waals surface area (Å²) < 4.78 is 0. The van der Waals surface area contributed by atoms with E-state index in [1.54, 1.807) is 6.92 Å². The van der Waals surface area contributed by atoms with Crippen LogP contribution in [-0.2, 0) is 24.2 Å². The Labute approximate surface area is 139 Å². The van der Waals surface area contributed by atoms with Crippen LogP contribution in [-0.4, -0.2) is 33.3 Å². The fourth-order valence-electron chi connectivity index (χ4n) is 2.95. The maximum Gasteiger partial charge on any atom is 0.227 e. The molecule has 1 aliphatic heterocycles. The van der Waals surface area contributed by atoms with Crippen LogP contribution in [0.25, 0.3) is 0 Å². The van der Waals surface area contributed by atoms with Crippen molar-refractivity contribution in [1.82, 2.24) is 15.1 Å². The first-order valence-electron chi connectivity index (χ1n) is 7.87. The van der Waals surface area contributed by atoms with Gasteiger partial charge in [-0.2, -0.15) is 5.10 Å². The lowest BCUT2D eigenvalue weighted by atomic mass is 9.99. The molecule has 1 amide bonds. The molecule has 0 spiro atoms. The molecule has 0 unspecified atom stereocenters. The molecule has 23 heavy (non-hydrogen) atoms. The Morgan fingerprint density at radius 3 is 2.87 bits per heavy atom. The smallest absolute Gasteiger partial charge is 0.227 e. The zero-order valence-electron chi connectivity index (χ0n) is 13.7. The van der Waals surface area contributed by atoms with Crippen LogP contribution in [0, 0.1) is 0 Å². The summed E-state index contributed by atoms with van der Waals surface area (Å²) in [7, 11) is 0. The van der Waals surface area contributed by atoms with E-state index in [-0.39, 0.29) is 11.7 Å². The predicted molar refractivity (Wildman–Crippen MR) is 89.8 cm³/mol. The van der Waals surface area contributed by atoms with Gasteiger partial charge >= 0.3 is 0 Å². The molecule has 0 aromatic carbocycles. The number of H-pyrrole nitrogens is 1. The fraction of sp³-hybridized carbons (Fsp3) is 0.471. The first kappa shape index (κ1) is 15.9. The number of nitrogens with zero attached hydrogens (tertiary/aromatic N) is 2. The molecule has 1 aliphatic rings. The highest BCUT2D eigenvalue weighted by atomic mass is 32.1. The Morgan fingerprint density at radius 1 is 1.43 bits per heavy atom. The monoisotopic (exact) mass is 331 g/mol. The van der Waals surface area contributed by atoms with Crippen molar-refractivity contribution >= 4 is 23.0 Å². The van der Waals surface area contributed by atoms with Crippen molar-refractivity contribution in [3.8, 4) is 0 Å². The van der Waals surface area contributed by atoms with Gasteiger partial charge in [0.15, 0.2) is 5.78 Å². The van der Waals surface area contributed by atoms with Crippen LogP contribution in [0.15, 0.2) is 11.4 Å². The summed E-state index contributed by atoms with van der Waals surface area (Å²) >= 11 is 1.41. The predicted octanol–water partition coefficient (Wildman–Crippen LogP) is 2.92. The Hall–Kier alpha value is -1.95. The minimum Gasteiger partial charge on any atom is -0.338 e. The molecule has 3 rings (SSSR count). The molecule has 122 valence electrons. The molecule has 0 fully saturated rings. The van der Waals surface area contributed by atoms with E-state index in [1.807, 2.05) is 16.3 Å². The van der Waals surface area contributed by atoms with Crippen LogP contribution in [0.3, 0.4) is 0 Å². The summed E-state index contributed by atoms with van der Waals surface area (Å²) in [6, 6.07) is 1.83. The number of carbonyl (C=O) groups excluding carboxylic acids is 2. The quantitative estimate of drug-likeness (QED) is 0.876. The third-order valence-electron chi connectivity index (χ3n) is 4.22. The number of thiophene rings is 1. The molecule has 5 nitrogen and oxygen atoms in total. The number of aromatic nitrogens is 2. The number of carbonyl (C=O) groups is 2. The number of nitrogens with one attached hydrogen (secondary N) is 1. The molecule has 0 aliphatic carbocycles. The van der Waals surface area contributed by atoms with Crippen molar-refractivity contribution in [2.45, 2.75) is 46.1 Å². The van der Waals surface area contributed by atoms with E-state index in [9.17, 15) is 9.59 Å². The van der Waals surface area contributed by atoms with Crippen LogP contribution < -0.4 is 0 Å². The van der Waals surface area contributed by atoms with Crippen LogP contribution >= 0.6 is 11.3 Å². The van der Waals surface area contributed by atoms with Gasteiger partial charge in [0.25, 0.3) is 0 Å². The largest absolute Gasteiger partial charge is 0.338 e. The van der Waals surface area contributed by atoms with Crippen molar-refractivity contribution in [2.24, 2.45) is 0 Å². The molecule has 0 saturated heterocycles. The number of rotatable bonds is 4. The average Bonchev–Trinajstić information content (AvgIpc) is 3.12. The van der Waals surface area contributed by atoms with Crippen molar-refractivity contribution in [3.63, 3.8) is 0 Å². The minimum absolute atomic E-state index is 0.0521. The number of fused-ring (bicyclic) bond motifs is 1. The van der Waals surface area contributed by atoms with E-state index >= 15 is 0 Å². The number of hydrogen-bond donors (Lipinski definition) is 1. The van der Waals surface area contributed by atoms with Crippen LogP contribution in [0.1, 0.15) is 58.9 Å². The van der Waals surface area contributed by atoms with Gasteiger partial charge in [-0.1, -0.05) is 13.8 Å². The van der Waals surface area contributed by atoms with Gasteiger partial charge in [0, 0.05) is 30.8 Å². The summed E-state index contributed by atoms with van der Waals surface area (Å²) in [5.74, 6) is 0.510. The SMILES string of the molecule is CC(=O)c1cc(CC(=O)N2CCc3[nH]nc(C(C)C)c3C2)cs1. The highest BCUT2D eigenvalue weighted by Gasteiger charge is 2.26. The summed E-state index contributed by atoms with van der Waals surface area (Å²) in [4.78, 5) is 26.5.